The number of rotatable bonds is 5. The number of nitrogens with one attached hydrogen (secondary N) is 2. The Hall–Kier alpha value is -1.76. The topological polar surface area (TPSA) is 96.6 Å². The summed E-state index contributed by atoms with van der Waals surface area (Å²) >= 11 is 0. The Kier molecular flexibility index (Phi) is 4.95. The number of alkyl halides is 1. The van der Waals surface area contributed by atoms with E-state index in [1.165, 1.54) is 13.2 Å². The summed E-state index contributed by atoms with van der Waals surface area (Å²) in [5.41, 5.74) is 3.43. The van der Waals surface area contributed by atoms with Crippen molar-refractivity contribution >= 4 is 17.5 Å². The summed E-state index contributed by atoms with van der Waals surface area (Å²) in [6.07, 6.45) is 4.89. The second-order valence-electron chi connectivity index (χ2n) is 6.10. The largest absolute Gasteiger partial charge is 0.369 e. The van der Waals surface area contributed by atoms with Crippen molar-refractivity contribution in [1.29, 1.82) is 0 Å². The lowest BCUT2D eigenvalue weighted by Gasteiger charge is -2.35. The average Bonchev–Trinajstić information content (AvgIpc) is 2.53. The Morgan fingerprint density at radius 3 is 2.86 bits per heavy atom. The van der Waals surface area contributed by atoms with Crippen LogP contribution in [0, 0.1) is 5.41 Å². The molecule has 4 N–H and O–H groups in total. The SMILES string of the molecule is CNC(=O)C1=NC=CC(CCC2(F)CCCNC2)(C(N)=O)C1. The molecule has 7 heteroatoms. The molecule has 2 unspecified atom stereocenters. The molecule has 1 saturated heterocycles. The van der Waals surface area contributed by atoms with Crippen LogP contribution in [-0.2, 0) is 9.59 Å². The zero-order valence-corrected chi connectivity index (χ0v) is 12.8. The molecule has 0 aliphatic carbocycles. The third kappa shape index (κ3) is 3.52. The van der Waals surface area contributed by atoms with Crippen LogP contribution in [0.5, 0.6) is 0 Å². The van der Waals surface area contributed by atoms with E-state index in [-0.39, 0.29) is 30.9 Å². The number of hydrogen-bond acceptors (Lipinski definition) is 4. The van der Waals surface area contributed by atoms with Gasteiger partial charge in [0.15, 0.2) is 0 Å². The van der Waals surface area contributed by atoms with Gasteiger partial charge < -0.3 is 16.4 Å². The van der Waals surface area contributed by atoms with Gasteiger partial charge in [-0.05, 0) is 32.2 Å². The van der Waals surface area contributed by atoms with Gasteiger partial charge in [-0.15, -0.1) is 0 Å². The minimum atomic E-state index is -1.32. The molecule has 0 aromatic rings. The summed E-state index contributed by atoms with van der Waals surface area (Å²) in [6, 6.07) is 0. The predicted octanol–water partition coefficient (Wildman–Crippen LogP) is 0.434. The molecule has 2 amide bonds. The van der Waals surface area contributed by atoms with E-state index in [9.17, 15) is 14.0 Å². The molecular weight excluding hydrogens is 287 g/mol. The van der Waals surface area contributed by atoms with Crippen LogP contribution >= 0.6 is 0 Å². The highest BCUT2D eigenvalue weighted by molar-refractivity contribution is 6.39. The maximum atomic E-state index is 14.7. The third-order valence-electron chi connectivity index (χ3n) is 4.53. The maximum Gasteiger partial charge on any atom is 0.265 e. The lowest BCUT2D eigenvalue weighted by atomic mass is 9.73. The second-order valence-corrected chi connectivity index (χ2v) is 6.10. The van der Waals surface area contributed by atoms with E-state index in [4.69, 9.17) is 5.73 Å². The van der Waals surface area contributed by atoms with Crippen LogP contribution < -0.4 is 16.4 Å². The molecule has 2 rings (SSSR count). The number of halogens is 1. The highest BCUT2D eigenvalue weighted by atomic mass is 19.1. The van der Waals surface area contributed by atoms with Crippen molar-refractivity contribution in [3.63, 3.8) is 0 Å². The van der Waals surface area contributed by atoms with E-state index < -0.39 is 17.0 Å². The van der Waals surface area contributed by atoms with Crippen molar-refractivity contribution in [3.05, 3.63) is 12.3 Å². The minimum Gasteiger partial charge on any atom is -0.369 e. The molecule has 122 valence electrons. The molecule has 2 aliphatic heterocycles. The van der Waals surface area contributed by atoms with E-state index in [1.54, 1.807) is 6.08 Å². The van der Waals surface area contributed by atoms with Crippen molar-refractivity contribution in [2.45, 2.75) is 37.8 Å². The summed E-state index contributed by atoms with van der Waals surface area (Å²) in [4.78, 5) is 27.7. The van der Waals surface area contributed by atoms with Gasteiger partial charge in [0.05, 0.1) is 5.41 Å². The molecule has 0 bridgehead atoms. The maximum absolute atomic E-state index is 14.7. The first kappa shape index (κ1) is 16.6. The van der Waals surface area contributed by atoms with Crippen LogP contribution in [-0.4, -0.2) is 43.3 Å². The van der Waals surface area contributed by atoms with Gasteiger partial charge in [0.25, 0.3) is 5.91 Å². The Bertz CT molecular complexity index is 512. The van der Waals surface area contributed by atoms with E-state index in [0.717, 1.165) is 13.0 Å². The van der Waals surface area contributed by atoms with Gasteiger partial charge in [-0.2, -0.15) is 0 Å². The van der Waals surface area contributed by atoms with Crippen LogP contribution in [0.25, 0.3) is 0 Å². The molecule has 0 aromatic carbocycles. The molecule has 6 nitrogen and oxygen atoms in total. The first-order chi connectivity index (χ1) is 10.4. The smallest absolute Gasteiger partial charge is 0.265 e. The number of hydrogen-bond donors (Lipinski definition) is 3. The van der Waals surface area contributed by atoms with Crippen LogP contribution in [0.3, 0.4) is 0 Å². The van der Waals surface area contributed by atoms with Crippen molar-refractivity contribution in [3.8, 4) is 0 Å². The molecule has 2 atom stereocenters. The highest BCUT2D eigenvalue weighted by Gasteiger charge is 2.42. The van der Waals surface area contributed by atoms with E-state index in [0.29, 0.717) is 13.0 Å². The van der Waals surface area contributed by atoms with Crippen molar-refractivity contribution in [2.75, 3.05) is 20.1 Å². The summed E-state index contributed by atoms with van der Waals surface area (Å²) in [5.74, 6) is -0.892. The van der Waals surface area contributed by atoms with Crippen molar-refractivity contribution < 1.29 is 14.0 Å². The fraction of sp³-hybridized carbons (Fsp3) is 0.667. The summed E-state index contributed by atoms with van der Waals surface area (Å²) in [6.45, 7) is 1.11. The summed E-state index contributed by atoms with van der Waals surface area (Å²) < 4.78 is 14.7. The summed E-state index contributed by atoms with van der Waals surface area (Å²) in [7, 11) is 1.50. The molecular formula is C15H23FN4O2. The van der Waals surface area contributed by atoms with E-state index >= 15 is 0 Å². The van der Waals surface area contributed by atoms with Gasteiger partial charge in [0, 0.05) is 26.2 Å². The number of piperidine rings is 1. The molecule has 0 saturated carbocycles. The monoisotopic (exact) mass is 310 g/mol. The number of nitrogens with two attached hydrogens (primary N) is 1. The highest BCUT2D eigenvalue weighted by Crippen LogP contribution is 2.38. The van der Waals surface area contributed by atoms with Crippen LogP contribution in [0.15, 0.2) is 17.3 Å². The molecule has 2 heterocycles. The average molecular weight is 310 g/mol. The van der Waals surface area contributed by atoms with Gasteiger partial charge in [-0.1, -0.05) is 6.08 Å². The number of carbonyl (C=O) groups is 2. The van der Waals surface area contributed by atoms with Gasteiger partial charge in [0.2, 0.25) is 5.91 Å². The molecule has 0 radical (unpaired) electrons. The first-order valence-corrected chi connectivity index (χ1v) is 7.57. The molecule has 2 aliphatic rings. The standard InChI is InChI=1S/C15H23FN4O2/c1-18-12(21)11-9-14(13(17)22,6-8-20-11)4-5-15(16)3-2-7-19-10-15/h6,8,19H,2-5,7,9-10H2,1H3,(H2,17,22)(H,18,21). The minimum absolute atomic E-state index is 0.113. The third-order valence-corrected chi connectivity index (χ3v) is 4.53. The Morgan fingerprint density at radius 2 is 2.27 bits per heavy atom. The first-order valence-electron chi connectivity index (χ1n) is 7.57. The Balaban J connectivity index is 2.10. The normalized spacial score (nSPS) is 31.5. The zero-order chi connectivity index (χ0) is 16.2. The lowest BCUT2D eigenvalue weighted by Crippen LogP contribution is -2.46. The van der Waals surface area contributed by atoms with Gasteiger partial charge >= 0.3 is 0 Å². The fourth-order valence-electron chi connectivity index (χ4n) is 3.01. The number of primary amides is 1. The number of aliphatic imine (C=N–C) groups is 1. The fourth-order valence-corrected chi connectivity index (χ4v) is 3.01. The van der Waals surface area contributed by atoms with Gasteiger partial charge in [-0.25, -0.2) is 4.39 Å². The quantitative estimate of drug-likeness (QED) is 0.687. The van der Waals surface area contributed by atoms with Crippen LogP contribution in [0.4, 0.5) is 4.39 Å². The number of carbonyl (C=O) groups excluding carboxylic acids is 2. The lowest BCUT2D eigenvalue weighted by molar-refractivity contribution is -0.125. The summed E-state index contributed by atoms with van der Waals surface area (Å²) in [5, 5.41) is 5.53. The number of nitrogens with zero attached hydrogens (tertiary/aromatic N) is 1. The predicted molar refractivity (Wildman–Crippen MR) is 82.1 cm³/mol. The van der Waals surface area contributed by atoms with Crippen molar-refractivity contribution in [2.24, 2.45) is 16.1 Å². The number of amides is 2. The molecule has 22 heavy (non-hydrogen) atoms. The Morgan fingerprint density at radius 1 is 1.50 bits per heavy atom. The van der Waals surface area contributed by atoms with Crippen molar-refractivity contribution in [1.82, 2.24) is 10.6 Å². The van der Waals surface area contributed by atoms with E-state index in [2.05, 4.69) is 15.6 Å². The molecule has 0 aromatic heterocycles. The van der Waals surface area contributed by atoms with E-state index in [1.807, 2.05) is 0 Å². The second kappa shape index (κ2) is 6.56. The zero-order valence-electron chi connectivity index (χ0n) is 12.8. The molecule has 0 spiro atoms. The van der Waals surface area contributed by atoms with Gasteiger partial charge in [-0.3, -0.25) is 14.6 Å². The van der Waals surface area contributed by atoms with Gasteiger partial charge in [0.1, 0.15) is 11.4 Å². The molecule has 1 fully saturated rings. The van der Waals surface area contributed by atoms with Crippen LogP contribution in [0.2, 0.25) is 0 Å². The van der Waals surface area contributed by atoms with Crippen LogP contribution in [0.1, 0.15) is 32.1 Å². The Labute approximate surface area is 129 Å².